The lowest BCUT2D eigenvalue weighted by molar-refractivity contribution is -0.187. The van der Waals surface area contributed by atoms with Crippen molar-refractivity contribution in [3.8, 4) is 0 Å². The minimum absolute atomic E-state index is 0.0602. The van der Waals surface area contributed by atoms with Crippen molar-refractivity contribution in [3.05, 3.63) is 0 Å². The largest absolute Gasteiger partial charge is 0.458 e. The molecule has 1 heterocycles. The maximum Gasteiger partial charge on any atom is 0.332 e. The molecule has 0 N–H and O–H groups in total. The van der Waals surface area contributed by atoms with Gasteiger partial charge in [-0.1, -0.05) is 6.42 Å². The normalized spacial score (nSPS) is 37.6. The van der Waals surface area contributed by atoms with E-state index < -0.39 is 0 Å². The van der Waals surface area contributed by atoms with Gasteiger partial charge in [0.25, 0.3) is 0 Å². The highest BCUT2D eigenvalue weighted by Gasteiger charge is 2.33. The van der Waals surface area contributed by atoms with Gasteiger partial charge in [-0.15, -0.1) is 0 Å². The number of hydrogen-bond donors (Lipinski definition) is 0. The van der Waals surface area contributed by atoms with Crippen LogP contribution >= 0.6 is 0 Å². The molecule has 3 heteroatoms. The monoisotopic (exact) mass is 156 g/mol. The smallest absolute Gasteiger partial charge is 0.332 e. The SMILES string of the molecule is O=C1CO[C@@H]2CCCC[C@@H]2O1. The number of ether oxygens (including phenoxy) is 2. The van der Waals surface area contributed by atoms with Crippen molar-refractivity contribution in [2.75, 3.05) is 6.61 Å². The molecule has 11 heavy (non-hydrogen) atoms. The summed E-state index contributed by atoms with van der Waals surface area (Å²) in [6.45, 7) is 0.154. The first-order valence-corrected chi connectivity index (χ1v) is 4.17. The van der Waals surface area contributed by atoms with Crippen LogP contribution in [0.15, 0.2) is 0 Å². The van der Waals surface area contributed by atoms with Crippen LogP contribution in [0.4, 0.5) is 0 Å². The quantitative estimate of drug-likeness (QED) is 0.488. The first-order chi connectivity index (χ1) is 5.36. The molecule has 2 atom stereocenters. The third-order valence-corrected chi connectivity index (χ3v) is 2.34. The van der Waals surface area contributed by atoms with Crippen LogP contribution in [0.1, 0.15) is 25.7 Å². The van der Waals surface area contributed by atoms with Gasteiger partial charge in [0.05, 0.1) is 6.10 Å². The van der Waals surface area contributed by atoms with Crippen LogP contribution in [0.25, 0.3) is 0 Å². The molecular formula is C8H12O3. The Morgan fingerprint density at radius 1 is 1.18 bits per heavy atom. The molecule has 1 aliphatic heterocycles. The molecular weight excluding hydrogens is 144 g/mol. The summed E-state index contributed by atoms with van der Waals surface area (Å²) < 4.78 is 10.4. The summed E-state index contributed by atoms with van der Waals surface area (Å²) >= 11 is 0. The van der Waals surface area contributed by atoms with E-state index in [2.05, 4.69) is 0 Å². The van der Waals surface area contributed by atoms with Crippen LogP contribution in [0.2, 0.25) is 0 Å². The summed E-state index contributed by atoms with van der Waals surface area (Å²) in [6.07, 6.45) is 4.66. The van der Waals surface area contributed by atoms with Crippen LogP contribution in [0.3, 0.4) is 0 Å². The van der Waals surface area contributed by atoms with Crippen molar-refractivity contribution >= 4 is 5.97 Å². The molecule has 0 unspecified atom stereocenters. The van der Waals surface area contributed by atoms with Gasteiger partial charge in [0.2, 0.25) is 0 Å². The molecule has 0 spiro atoms. The number of hydrogen-bond acceptors (Lipinski definition) is 3. The Labute approximate surface area is 65.7 Å². The fourth-order valence-corrected chi connectivity index (χ4v) is 1.77. The highest BCUT2D eigenvalue weighted by atomic mass is 16.6. The van der Waals surface area contributed by atoms with E-state index >= 15 is 0 Å². The summed E-state index contributed by atoms with van der Waals surface area (Å²) in [6, 6.07) is 0. The molecule has 2 rings (SSSR count). The first-order valence-electron chi connectivity index (χ1n) is 4.17. The van der Waals surface area contributed by atoms with E-state index in [1.807, 2.05) is 0 Å². The molecule has 0 aromatic heterocycles. The highest BCUT2D eigenvalue weighted by molar-refractivity contribution is 5.71. The minimum Gasteiger partial charge on any atom is -0.458 e. The molecule has 0 radical (unpaired) electrons. The van der Waals surface area contributed by atoms with Gasteiger partial charge >= 0.3 is 5.97 Å². The zero-order valence-electron chi connectivity index (χ0n) is 6.41. The molecule has 3 nitrogen and oxygen atoms in total. The van der Waals surface area contributed by atoms with Gasteiger partial charge in [-0.2, -0.15) is 0 Å². The lowest BCUT2D eigenvalue weighted by Crippen LogP contribution is -2.42. The number of carbonyl (C=O) groups is 1. The summed E-state index contributed by atoms with van der Waals surface area (Å²) in [4.78, 5) is 10.8. The summed E-state index contributed by atoms with van der Waals surface area (Å²) in [5.41, 5.74) is 0. The van der Waals surface area contributed by atoms with Crippen molar-refractivity contribution in [3.63, 3.8) is 0 Å². The second-order valence-electron chi connectivity index (χ2n) is 3.16. The predicted octanol–water partition coefficient (Wildman–Crippen LogP) is 0.871. The molecule has 0 aromatic carbocycles. The van der Waals surface area contributed by atoms with E-state index in [0.717, 1.165) is 19.3 Å². The van der Waals surface area contributed by atoms with E-state index in [1.54, 1.807) is 0 Å². The van der Waals surface area contributed by atoms with Crippen LogP contribution < -0.4 is 0 Å². The second kappa shape index (κ2) is 2.81. The maximum absolute atomic E-state index is 10.8. The molecule has 1 saturated carbocycles. The lowest BCUT2D eigenvalue weighted by atomic mass is 9.94. The van der Waals surface area contributed by atoms with Crippen molar-refractivity contribution < 1.29 is 14.3 Å². The lowest BCUT2D eigenvalue weighted by Gasteiger charge is -2.34. The number of carbonyl (C=O) groups excluding carboxylic acids is 1. The van der Waals surface area contributed by atoms with Crippen LogP contribution in [-0.2, 0) is 14.3 Å². The molecule has 1 saturated heterocycles. The topological polar surface area (TPSA) is 35.5 Å². The first kappa shape index (κ1) is 7.10. The third-order valence-electron chi connectivity index (χ3n) is 2.34. The Hall–Kier alpha value is -0.570. The fraction of sp³-hybridized carbons (Fsp3) is 0.875. The van der Waals surface area contributed by atoms with Gasteiger partial charge in [0, 0.05) is 0 Å². The molecule has 62 valence electrons. The number of rotatable bonds is 0. The molecule has 0 bridgehead atoms. The van der Waals surface area contributed by atoms with Crippen molar-refractivity contribution in [1.82, 2.24) is 0 Å². The number of esters is 1. The van der Waals surface area contributed by atoms with Gasteiger partial charge in [-0.25, -0.2) is 4.79 Å². The maximum atomic E-state index is 10.8. The average molecular weight is 156 g/mol. The molecule has 0 aromatic rings. The fourth-order valence-electron chi connectivity index (χ4n) is 1.77. The summed E-state index contributed by atoms with van der Waals surface area (Å²) in [5, 5.41) is 0. The van der Waals surface area contributed by atoms with E-state index in [-0.39, 0.29) is 24.8 Å². The summed E-state index contributed by atoms with van der Waals surface area (Å²) in [7, 11) is 0. The second-order valence-corrected chi connectivity index (χ2v) is 3.16. The molecule has 2 aliphatic rings. The highest BCUT2D eigenvalue weighted by Crippen LogP contribution is 2.26. The summed E-state index contributed by atoms with van der Waals surface area (Å²) in [5.74, 6) is -0.201. The third kappa shape index (κ3) is 1.38. The predicted molar refractivity (Wildman–Crippen MR) is 38.1 cm³/mol. The van der Waals surface area contributed by atoms with Gasteiger partial charge < -0.3 is 9.47 Å². The van der Waals surface area contributed by atoms with Gasteiger partial charge in [0.15, 0.2) is 0 Å². The standard InChI is InChI=1S/C8H12O3/c9-8-5-10-6-3-1-2-4-7(6)11-8/h6-7H,1-5H2/t6-,7+/m1/s1. The number of fused-ring (bicyclic) bond motifs is 1. The van der Waals surface area contributed by atoms with Gasteiger partial charge in [-0.3, -0.25) is 0 Å². The zero-order chi connectivity index (χ0) is 7.68. The van der Waals surface area contributed by atoms with Crippen molar-refractivity contribution in [1.29, 1.82) is 0 Å². The van der Waals surface area contributed by atoms with Gasteiger partial charge in [0.1, 0.15) is 12.7 Å². The van der Waals surface area contributed by atoms with Crippen molar-refractivity contribution in [2.24, 2.45) is 0 Å². The van der Waals surface area contributed by atoms with E-state index in [9.17, 15) is 4.79 Å². The Balaban J connectivity index is 1.98. The minimum atomic E-state index is -0.201. The van der Waals surface area contributed by atoms with Crippen LogP contribution in [0, 0.1) is 0 Å². The van der Waals surface area contributed by atoms with E-state index in [0.29, 0.717) is 0 Å². The molecule has 1 aliphatic carbocycles. The Bertz CT molecular complexity index is 167. The van der Waals surface area contributed by atoms with Gasteiger partial charge in [-0.05, 0) is 19.3 Å². The molecule has 2 fully saturated rings. The van der Waals surface area contributed by atoms with E-state index in [1.165, 1.54) is 6.42 Å². The van der Waals surface area contributed by atoms with Crippen LogP contribution in [0.5, 0.6) is 0 Å². The Morgan fingerprint density at radius 3 is 2.73 bits per heavy atom. The van der Waals surface area contributed by atoms with E-state index in [4.69, 9.17) is 9.47 Å². The average Bonchev–Trinajstić information content (AvgIpc) is 2.04. The Morgan fingerprint density at radius 2 is 1.91 bits per heavy atom. The zero-order valence-corrected chi connectivity index (χ0v) is 6.41. The molecule has 0 amide bonds. The van der Waals surface area contributed by atoms with Crippen LogP contribution in [-0.4, -0.2) is 24.8 Å². The van der Waals surface area contributed by atoms with Crippen molar-refractivity contribution in [2.45, 2.75) is 37.9 Å². The Kier molecular flexibility index (Phi) is 1.82.